The predicted octanol–water partition coefficient (Wildman–Crippen LogP) is 3.79. The molecular formula is C15H15FN2S. The minimum atomic E-state index is -0.196. The normalized spacial score (nSPS) is 14.2. The molecule has 0 N–H and O–H groups in total. The Morgan fingerprint density at radius 2 is 1.89 bits per heavy atom. The van der Waals surface area contributed by atoms with Gasteiger partial charge >= 0.3 is 0 Å². The van der Waals surface area contributed by atoms with E-state index in [1.165, 1.54) is 36.2 Å². The van der Waals surface area contributed by atoms with Crippen molar-refractivity contribution >= 4 is 11.8 Å². The maximum Gasteiger partial charge on any atom is 0.188 e. The third kappa shape index (κ3) is 3.13. The van der Waals surface area contributed by atoms with Crippen LogP contribution in [0.3, 0.4) is 0 Å². The van der Waals surface area contributed by atoms with E-state index in [1.807, 2.05) is 6.20 Å². The number of rotatable bonds is 3. The summed E-state index contributed by atoms with van der Waals surface area (Å²) in [5, 5.41) is 0.824. The van der Waals surface area contributed by atoms with Crippen LogP contribution in [0.5, 0.6) is 0 Å². The van der Waals surface area contributed by atoms with E-state index in [4.69, 9.17) is 0 Å². The minimum Gasteiger partial charge on any atom is -0.231 e. The molecule has 0 fully saturated rings. The Morgan fingerprint density at radius 3 is 2.74 bits per heavy atom. The van der Waals surface area contributed by atoms with Crippen LogP contribution >= 0.6 is 11.8 Å². The molecule has 1 aromatic heterocycles. The van der Waals surface area contributed by atoms with Gasteiger partial charge in [0.2, 0.25) is 0 Å². The molecule has 19 heavy (non-hydrogen) atoms. The van der Waals surface area contributed by atoms with Crippen LogP contribution in [0.15, 0.2) is 35.6 Å². The molecule has 1 aliphatic carbocycles. The van der Waals surface area contributed by atoms with Crippen molar-refractivity contribution in [2.75, 3.05) is 0 Å². The molecule has 2 nitrogen and oxygen atoms in total. The van der Waals surface area contributed by atoms with Gasteiger partial charge in [-0.25, -0.2) is 14.4 Å². The summed E-state index contributed by atoms with van der Waals surface area (Å²) < 4.78 is 12.8. The molecule has 1 aliphatic rings. The van der Waals surface area contributed by atoms with Crippen LogP contribution in [-0.2, 0) is 18.6 Å². The minimum absolute atomic E-state index is 0.196. The molecule has 3 rings (SSSR count). The molecule has 0 amide bonds. The highest BCUT2D eigenvalue weighted by atomic mass is 32.2. The molecule has 1 heterocycles. The molecule has 0 spiro atoms. The van der Waals surface area contributed by atoms with Gasteiger partial charge in [0.15, 0.2) is 5.16 Å². The van der Waals surface area contributed by atoms with E-state index in [1.54, 1.807) is 23.9 Å². The Balaban J connectivity index is 1.68. The monoisotopic (exact) mass is 274 g/mol. The molecule has 0 radical (unpaired) electrons. The van der Waals surface area contributed by atoms with E-state index in [2.05, 4.69) is 9.97 Å². The Kier molecular flexibility index (Phi) is 3.78. The molecule has 98 valence electrons. The van der Waals surface area contributed by atoms with Gasteiger partial charge in [0.25, 0.3) is 0 Å². The number of hydrogen-bond acceptors (Lipinski definition) is 3. The van der Waals surface area contributed by atoms with Crippen LogP contribution < -0.4 is 0 Å². The van der Waals surface area contributed by atoms with E-state index in [0.29, 0.717) is 0 Å². The zero-order valence-corrected chi connectivity index (χ0v) is 11.4. The predicted molar refractivity (Wildman–Crippen MR) is 74.6 cm³/mol. The van der Waals surface area contributed by atoms with Crippen LogP contribution in [0.1, 0.15) is 29.7 Å². The second-order valence-corrected chi connectivity index (χ2v) is 5.69. The molecular weight excluding hydrogens is 259 g/mol. The van der Waals surface area contributed by atoms with E-state index >= 15 is 0 Å². The highest BCUT2D eigenvalue weighted by Crippen LogP contribution is 2.23. The number of aromatic nitrogens is 2. The number of halogens is 1. The summed E-state index contributed by atoms with van der Waals surface area (Å²) >= 11 is 1.61. The van der Waals surface area contributed by atoms with Gasteiger partial charge in [-0.1, -0.05) is 23.9 Å². The number of nitrogens with zero attached hydrogens (tertiary/aromatic N) is 2. The number of thioether (sulfide) groups is 1. The summed E-state index contributed by atoms with van der Waals surface area (Å²) in [5.74, 6) is 0.581. The van der Waals surface area contributed by atoms with Gasteiger partial charge in [0.05, 0.1) is 0 Å². The number of hydrogen-bond donors (Lipinski definition) is 0. The maximum absolute atomic E-state index is 12.8. The van der Waals surface area contributed by atoms with Crippen molar-refractivity contribution in [1.29, 1.82) is 0 Å². The quantitative estimate of drug-likeness (QED) is 0.629. The van der Waals surface area contributed by atoms with E-state index < -0.39 is 0 Å². The Morgan fingerprint density at radius 1 is 1.11 bits per heavy atom. The molecule has 1 aromatic carbocycles. The van der Waals surface area contributed by atoms with E-state index in [9.17, 15) is 4.39 Å². The zero-order valence-electron chi connectivity index (χ0n) is 10.6. The van der Waals surface area contributed by atoms with Crippen LogP contribution in [0.2, 0.25) is 0 Å². The summed E-state index contributed by atoms with van der Waals surface area (Å²) in [5.41, 5.74) is 3.60. The first-order valence-electron chi connectivity index (χ1n) is 6.53. The molecule has 0 saturated heterocycles. The van der Waals surface area contributed by atoms with Crippen molar-refractivity contribution in [3.8, 4) is 0 Å². The fourth-order valence-corrected chi connectivity index (χ4v) is 3.05. The smallest absolute Gasteiger partial charge is 0.188 e. The molecule has 0 aliphatic heterocycles. The zero-order chi connectivity index (χ0) is 13.1. The summed E-state index contributed by atoms with van der Waals surface area (Å²) in [6.45, 7) is 0. The standard InChI is InChI=1S/C15H15FN2S/c16-13-7-5-11(6-8-13)10-19-15-17-9-12-3-1-2-4-14(12)18-15/h5-9H,1-4,10H2. The first kappa shape index (κ1) is 12.6. The van der Waals surface area contributed by atoms with E-state index in [0.717, 1.165) is 29.3 Å². The number of benzene rings is 1. The van der Waals surface area contributed by atoms with Gasteiger partial charge in [0.1, 0.15) is 5.82 Å². The highest BCUT2D eigenvalue weighted by Gasteiger charge is 2.12. The summed E-state index contributed by atoms with van der Waals surface area (Å²) in [6, 6.07) is 6.59. The molecule has 4 heteroatoms. The van der Waals surface area contributed by atoms with Crippen LogP contribution in [0, 0.1) is 5.82 Å². The van der Waals surface area contributed by atoms with Gasteiger partial charge in [-0.05, 0) is 48.9 Å². The van der Waals surface area contributed by atoms with Crippen molar-refractivity contribution in [1.82, 2.24) is 9.97 Å². The average molecular weight is 274 g/mol. The molecule has 2 aromatic rings. The summed E-state index contributed by atoms with van der Waals surface area (Å²) in [7, 11) is 0. The van der Waals surface area contributed by atoms with Crippen molar-refractivity contribution in [3.63, 3.8) is 0 Å². The lowest BCUT2D eigenvalue weighted by molar-refractivity contribution is 0.627. The topological polar surface area (TPSA) is 25.8 Å². The lowest BCUT2D eigenvalue weighted by atomic mass is 9.98. The van der Waals surface area contributed by atoms with Crippen molar-refractivity contribution in [2.24, 2.45) is 0 Å². The van der Waals surface area contributed by atoms with Crippen molar-refractivity contribution in [2.45, 2.75) is 36.6 Å². The SMILES string of the molecule is Fc1ccc(CSc2ncc3c(n2)CCCC3)cc1. The largest absolute Gasteiger partial charge is 0.231 e. The number of fused-ring (bicyclic) bond motifs is 1. The fraction of sp³-hybridized carbons (Fsp3) is 0.333. The highest BCUT2D eigenvalue weighted by molar-refractivity contribution is 7.98. The lowest BCUT2D eigenvalue weighted by Gasteiger charge is -2.14. The third-order valence-electron chi connectivity index (χ3n) is 3.32. The van der Waals surface area contributed by atoms with Crippen molar-refractivity contribution < 1.29 is 4.39 Å². The van der Waals surface area contributed by atoms with Gasteiger partial charge in [0, 0.05) is 17.6 Å². The second-order valence-electron chi connectivity index (χ2n) is 4.75. The number of aryl methyl sites for hydroxylation is 2. The Hall–Kier alpha value is -1.42. The van der Waals surface area contributed by atoms with Gasteiger partial charge < -0.3 is 0 Å². The Bertz CT molecular complexity index is 569. The fourth-order valence-electron chi connectivity index (χ4n) is 2.26. The van der Waals surface area contributed by atoms with Gasteiger partial charge in [-0.3, -0.25) is 0 Å². The van der Waals surface area contributed by atoms with Gasteiger partial charge in [-0.15, -0.1) is 0 Å². The maximum atomic E-state index is 12.8. The first-order chi connectivity index (χ1) is 9.31. The first-order valence-corrected chi connectivity index (χ1v) is 7.52. The van der Waals surface area contributed by atoms with Gasteiger partial charge in [-0.2, -0.15) is 0 Å². The third-order valence-corrected chi connectivity index (χ3v) is 4.26. The van der Waals surface area contributed by atoms with Crippen LogP contribution in [0.25, 0.3) is 0 Å². The van der Waals surface area contributed by atoms with Crippen LogP contribution in [-0.4, -0.2) is 9.97 Å². The van der Waals surface area contributed by atoms with Crippen molar-refractivity contribution in [3.05, 3.63) is 53.1 Å². The Labute approximate surface area is 116 Å². The molecule has 0 saturated carbocycles. The molecule has 0 unspecified atom stereocenters. The molecule has 0 bridgehead atoms. The summed E-state index contributed by atoms with van der Waals surface area (Å²) in [6.07, 6.45) is 6.62. The lowest BCUT2D eigenvalue weighted by Crippen LogP contribution is -2.07. The van der Waals surface area contributed by atoms with Crippen LogP contribution in [0.4, 0.5) is 4.39 Å². The second kappa shape index (κ2) is 5.70. The summed E-state index contributed by atoms with van der Waals surface area (Å²) in [4.78, 5) is 9.03. The molecule has 0 atom stereocenters. The van der Waals surface area contributed by atoms with E-state index in [-0.39, 0.29) is 5.82 Å². The average Bonchev–Trinajstić information content (AvgIpc) is 2.46.